The van der Waals surface area contributed by atoms with Crippen molar-refractivity contribution in [3.63, 3.8) is 0 Å². The minimum atomic E-state index is -1.20. The zero-order valence-electron chi connectivity index (χ0n) is 6.52. The Morgan fingerprint density at radius 3 is 2.33 bits per heavy atom. The lowest BCUT2D eigenvalue weighted by atomic mass is 10.3. The molecule has 0 unspecified atom stereocenters. The van der Waals surface area contributed by atoms with Crippen molar-refractivity contribution in [1.82, 2.24) is 5.32 Å². The van der Waals surface area contributed by atoms with Crippen molar-refractivity contribution in [2.75, 3.05) is 5.75 Å². The third kappa shape index (κ3) is 3.59. The highest BCUT2D eigenvalue weighted by Gasteiger charge is 2.19. The molecule has 0 radical (unpaired) electrons. The van der Waals surface area contributed by atoms with Crippen LogP contribution in [0, 0.1) is 0 Å². The quantitative estimate of drug-likeness (QED) is 0.425. The molecule has 0 saturated carbocycles. The van der Waals surface area contributed by atoms with Gasteiger partial charge in [0.2, 0.25) is 5.91 Å². The smallest absolute Gasteiger partial charge is 0.327 e. The Hall–Kier alpha value is -0.750. The highest BCUT2D eigenvalue weighted by Crippen LogP contribution is 1.90. The summed E-state index contributed by atoms with van der Waals surface area (Å²) in [6.45, 7) is 1.26. The second-order valence-corrected chi connectivity index (χ2v) is 2.62. The SMILES string of the molecule is C[C@H](O)C(=O)N[C@@H](CS)C(=O)O. The molecule has 0 aliphatic carbocycles. The molecular formula is C6H11NO4S. The average Bonchev–Trinajstić information content (AvgIpc) is 1.98. The Labute approximate surface area is 75.2 Å². The molecule has 6 heteroatoms. The van der Waals surface area contributed by atoms with E-state index in [1.165, 1.54) is 6.92 Å². The number of hydrogen-bond acceptors (Lipinski definition) is 4. The molecule has 1 amide bonds. The molecular weight excluding hydrogens is 182 g/mol. The topological polar surface area (TPSA) is 86.6 Å². The average molecular weight is 193 g/mol. The van der Waals surface area contributed by atoms with Crippen LogP contribution in [0.1, 0.15) is 6.92 Å². The van der Waals surface area contributed by atoms with Crippen molar-refractivity contribution in [2.45, 2.75) is 19.1 Å². The summed E-state index contributed by atoms with van der Waals surface area (Å²) in [7, 11) is 0. The zero-order chi connectivity index (χ0) is 9.72. The summed E-state index contributed by atoms with van der Waals surface area (Å²) in [5.41, 5.74) is 0. The van der Waals surface area contributed by atoms with Crippen LogP contribution in [0.15, 0.2) is 0 Å². The minimum Gasteiger partial charge on any atom is -0.480 e. The highest BCUT2D eigenvalue weighted by atomic mass is 32.1. The lowest BCUT2D eigenvalue weighted by Gasteiger charge is -2.12. The van der Waals surface area contributed by atoms with Gasteiger partial charge in [0.1, 0.15) is 12.1 Å². The molecule has 0 saturated heterocycles. The molecule has 70 valence electrons. The van der Waals surface area contributed by atoms with E-state index in [9.17, 15) is 9.59 Å². The van der Waals surface area contributed by atoms with Crippen LogP contribution in [0.5, 0.6) is 0 Å². The number of amides is 1. The Balaban J connectivity index is 4.03. The van der Waals surface area contributed by atoms with Gasteiger partial charge in [-0.15, -0.1) is 0 Å². The maximum absolute atomic E-state index is 10.8. The fourth-order valence-electron chi connectivity index (χ4n) is 0.478. The fraction of sp³-hybridized carbons (Fsp3) is 0.667. The summed E-state index contributed by atoms with van der Waals surface area (Å²) in [6.07, 6.45) is -1.20. The van der Waals surface area contributed by atoms with E-state index in [-0.39, 0.29) is 5.75 Å². The lowest BCUT2D eigenvalue weighted by molar-refractivity contribution is -0.142. The molecule has 0 spiro atoms. The minimum absolute atomic E-state index is 0.00616. The van der Waals surface area contributed by atoms with Crippen molar-refractivity contribution < 1.29 is 19.8 Å². The van der Waals surface area contributed by atoms with Gasteiger partial charge in [0.25, 0.3) is 0 Å². The standard InChI is InChI=1S/C6H11NO4S/c1-3(8)5(9)7-4(2-12)6(10)11/h3-4,8,12H,2H2,1H3,(H,7,9)(H,10,11)/t3-,4-/m0/s1. The number of aliphatic hydroxyl groups excluding tert-OH is 1. The number of nitrogens with one attached hydrogen (secondary N) is 1. The molecule has 2 atom stereocenters. The van der Waals surface area contributed by atoms with Crippen LogP contribution in [-0.2, 0) is 9.59 Å². The van der Waals surface area contributed by atoms with Gasteiger partial charge in [-0.05, 0) is 6.92 Å². The third-order valence-corrected chi connectivity index (χ3v) is 1.54. The Kier molecular flexibility index (Phi) is 4.68. The van der Waals surface area contributed by atoms with Crippen LogP contribution < -0.4 is 5.32 Å². The number of aliphatic carboxylic acids is 1. The summed E-state index contributed by atoms with van der Waals surface area (Å²) in [4.78, 5) is 21.1. The van der Waals surface area contributed by atoms with E-state index in [0.717, 1.165) is 0 Å². The van der Waals surface area contributed by atoms with Crippen LogP contribution in [0.4, 0.5) is 0 Å². The monoisotopic (exact) mass is 193 g/mol. The maximum Gasteiger partial charge on any atom is 0.327 e. The molecule has 12 heavy (non-hydrogen) atoms. The second kappa shape index (κ2) is 5.00. The van der Waals surface area contributed by atoms with Gasteiger partial charge in [-0.2, -0.15) is 12.6 Å². The van der Waals surface area contributed by atoms with Crippen LogP contribution in [0.2, 0.25) is 0 Å². The summed E-state index contributed by atoms with van der Waals surface area (Å²) in [5.74, 6) is -1.89. The van der Waals surface area contributed by atoms with Gasteiger partial charge in [0, 0.05) is 5.75 Å². The molecule has 0 heterocycles. The first-order valence-electron chi connectivity index (χ1n) is 3.31. The van der Waals surface area contributed by atoms with Crippen LogP contribution in [0.3, 0.4) is 0 Å². The number of carboxylic acids is 1. The number of hydrogen-bond donors (Lipinski definition) is 4. The first-order valence-corrected chi connectivity index (χ1v) is 3.94. The number of rotatable bonds is 4. The second-order valence-electron chi connectivity index (χ2n) is 2.26. The molecule has 0 aromatic rings. The molecule has 3 N–H and O–H groups in total. The number of carbonyl (C=O) groups excluding carboxylic acids is 1. The van der Waals surface area contributed by atoms with E-state index < -0.39 is 24.0 Å². The molecule has 0 aliphatic rings. The van der Waals surface area contributed by atoms with Gasteiger partial charge < -0.3 is 15.5 Å². The highest BCUT2D eigenvalue weighted by molar-refractivity contribution is 7.80. The zero-order valence-corrected chi connectivity index (χ0v) is 7.41. The largest absolute Gasteiger partial charge is 0.480 e. The van der Waals surface area contributed by atoms with E-state index in [0.29, 0.717) is 0 Å². The number of thiol groups is 1. The predicted molar refractivity (Wildman–Crippen MR) is 45.1 cm³/mol. The van der Waals surface area contributed by atoms with Gasteiger partial charge in [-0.3, -0.25) is 4.79 Å². The van der Waals surface area contributed by atoms with Crippen molar-refractivity contribution in [1.29, 1.82) is 0 Å². The van der Waals surface area contributed by atoms with E-state index >= 15 is 0 Å². The summed E-state index contributed by atoms with van der Waals surface area (Å²) < 4.78 is 0. The maximum atomic E-state index is 10.8. The van der Waals surface area contributed by atoms with E-state index in [1.54, 1.807) is 0 Å². The normalized spacial score (nSPS) is 14.9. The molecule has 0 bridgehead atoms. The molecule has 0 fully saturated rings. The molecule has 0 aliphatic heterocycles. The van der Waals surface area contributed by atoms with Crippen molar-refractivity contribution in [3.05, 3.63) is 0 Å². The summed E-state index contributed by atoms with van der Waals surface area (Å²) >= 11 is 3.72. The molecule has 0 rings (SSSR count). The van der Waals surface area contributed by atoms with Gasteiger partial charge in [0.15, 0.2) is 0 Å². The van der Waals surface area contributed by atoms with Gasteiger partial charge in [0.05, 0.1) is 0 Å². The van der Waals surface area contributed by atoms with Crippen molar-refractivity contribution in [2.24, 2.45) is 0 Å². The van der Waals surface area contributed by atoms with Gasteiger partial charge in [-0.25, -0.2) is 4.79 Å². The molecule has 0 aromatic carbocycles. The third-order valence-electron chi connectivity index (χ3n) is 1.18. The van der Waals surface area contributed by atoms with Crippen molar-refractivity contribution in [3.8, 4) is 0 Å². The number of aliphatic hydroxyl groups is 1. The lowest BCUT2D eigenvalue weighted by Crippen LogP contribution is -2.45. The van der Waals surface area contributed by atoms with Gasteiger partial charge >= 0.3 is 5.97 Å². The van der Waals surface area contributed by atoms with E-state index in [2.05, 4.69) is 17.9 Å². The molecule has 0 aromatic heterocycles. The first-order chi connectivity index (χ1) is 5.49. The summed E-state index contributed by atoms with van der Waals surface area (Å²) in [5, 5.41) is 19.3. The number of carbonyl (C=O) groups is 2. The predicted octanol–water partition coefficient (Wildman–Crippen LogP) is -1.13. The summed E-state index contributed by atoms with van der Waals surface area (Å²) in [6, 6.07) is -1.05. The Bertz CT molecular complexity index is 182. The van der Waals surface area contributed by atoms with E-state index in [4.69, 9.17) is 10.2 Å². The van der Waals surface area contributed by atoms with Crippen LogP contribution in [0.25, 0.3) is 0 Å². The first kappa shape index (κ1) is 11.2. The van der Waals surface area contributed by atoms with Gasteiger partial charge in [-0.1, -0.05) is 0 Å². The Morgan fingerprint density at radius 2 is 2.08 bits per heavy atom. The van der Waals surface area contributed by atoms with Crippen LogP contribution in [-0.4, -0.2) is 40.0 Å². The molecule has 5 nitrogen and oxygen atoms in total. The Morgan fingerprint density at radius 1 is 1.58 bits per heavy atom. The van der Waals surface area contributed by atoms with Crippen LogP contribution >= 0.6 is 12.6 Å². The van der Waals surface area contributed by atoms with E-state index in [1.807, 2.05) is 0 Å². The number of carboxylic acid groups (broad SMARTS) is 1. The van der Waals surface area contributed by atoms with Crippen molar-refractivity contribution >= 4 is 24.5 Å². The fourth-order valence-corrected chi connectivity index (χ4v) is 0.725.